The van der Waals surface area contributed by atoms with Gasteiger partial charge in [0, 0.05) is 17.0 Å². The summed E-state index contributed by atoms with van der Waals surface area (Å²) < 4.78 is 98.0. The zero-order valence-corrected chi connectivity index (χ0v) is 15.1. The van der Waals surface area contributed by atoms with Crippen molar-refractivity contribution < 1.29 is 35.5 Å². The number of anilines is 1. The molecule has 0 saturated carbocycles. The van der Waals surface area contributed by atoms with Crippen molar-refractivity contribution in [2.45, 2.75) is 12.4 Å². The van der Waals surface area contributed by atoms with Gasteiger partial charge in [0.05, 0.1) is 30.1 Å². The first-order valence-electron chi connectivity index (χ1n) is 8.21. The van der Waals surface area contributed by atoms with E-state index in [0.717, 1.165) is 18.3 Å². The molecule has 0 radical (unpaired) electrons. The fraction of sp³-hybridized carbons (Fsp3) is 0.158. The molecule has 0 aliphatic carbocycles. The molecule has 2 aromatic carbocycles. The van der Waals surface area contributed by atoms with E-state index in [9.17, 15) is 30.7 Å². The third-order valence-electron chi connectivity index (χ3n) is 4.03. The highest BCUT2D eigenvalue weighted by Gasteiger charge is 2.37. The van der Waals surface area contributed by atoms with Gasteiger partial charge in [0.1, 0.15) is 17.3 Å². The van der Waals surface area contributed by atoms with Crippen molar-refractivity contribution in [3.63, 3.8) is 0 Å². The van der Waals surface area contributed by atoms with Gasteiger partial charge in [-0.25, -0.2) is 9.37 Å². The van der Waals surface area contributed by atoms with Crippen LogP contribution in [0.4, 0.5) is 36.4 Å². The summed E-state index contributed by atoms with van der Waals surface area (Å²) in [7, 11) is 1.34. The maximum atomic E-state index is 13.9. The SMILES string of the molecule is COc1ccc(/C=N/Nc2cc(C(F)(F)F)nc3c(C(F)(F)F)cccc23)c(F)c1. The molecule has 0 unspecified atom stereocenters. The van der Waals surface area contributed by atoms with E-state index >= 15 is 0 Å². The van der Waals surface area contributed by atoms with Gasteiger partial charge < -0.3 is 4.74 Å². The summed E-state index contributed by atoms with van der Waals surface area (Å²) in [5.41, 5.74) is -1.87. The molecular formula is C19H12F7N3O. The molecule has 1 N–H and O–H groups in total. The molecule has 1 heterocycles. The Balaban J connectivity index is 2.06. The third kappa shape index (κ3) is 4.44. The Morgan fingerprint density at radius 3 is 2.33 bits per heavy atom. The predicted octanol–water partition coefficient (Wildman–Crippen LogP) is 5.87. The fourth-order valence-corrected chi connectivity index (χ4v) is 2.63. The number of rotatable bonds is 4. The molecule has 158 valence electrons. The molecule has 1 aromatic heterocycles. The molecule has 3 rings (SSSR count). The average molecular weight is 431 g/mol. The molecule has 0 fully saturated rings. The topological polar surface area (TPSA) is 46.5 Å². The van der Waals surface area contributed by atoms with Gasteiger partial charge in [-0.2, -0.15) is 31.4 Å². The first-order valence-corrected chi connectivity index (χ1v) is 8.21. The van der Waals surface area contributed by atoms with Crippen LogP contribution >= 0.6 is 0 Å². The van der Waals surface area contributed by atoms with Gasteiger partial charge in [0.25, 0.3) is 0 Å². The van der Waals surface area contributed by atoms with Crippen LogP contribution in [-0.2, 0) is 12.4 Å². The summed E-state index contributed by atoms with van der Waals surface area (Å²) in [6.45, 7) is 0. The Kier molecular flexibility index (Phi) is 5.55. The number of pyridine rings is 1. The van der Waals surface area contributed by atoms with E-state index in [1.807, 2.05) is 0 Å². The number of hydrazone groups is 1. The summed E-state index contributed by atoms with van der Waals surface area (Å²) >= 11 is 0. The smallest absolute Gasteiger partial charge is 0.433 e. The van der Waals surface area contributed by atoms with Crippen molar-refractivity contribution in [1.29, 1.82) is 0 Å². The van der Waals surface area contributed by atoms with Crippen molar-refractivity contribution in [3.8, 4) is 5.75 Å². The number of para-hydroxylation sites is 1. The molecule has 11 heteroatoms. The number of fused-ring (bicyclic) bond motifs is 1. The van der Waals surface area contributed by atoms with Crippen LogP contribution in [0.5, 0.6) is 5.75 Å². The van der Waals surface area contributed by atoms with Crippen LogP contribution in [0.3, 0.4) is 0 Å². The molecule has 0 amide bonds. The van der Waals surface area contributed by atoms with Gasteiger partial charge in [-0.3, -0.25) is 5.43 Å². The second kappa shape index (κ2) is 7.81. The Hall–Kier alpha value is -3.37. The number of alkyl halides is 6. The molecule has 4 nitrogen and oxygen atoms in total. The normalized spacial score (nSPS) is 12.5. The molecule has 0 spiro atoms. The Morgan fingerprint density at radius 1 is 1.00 bits per heavy atom. The van der Waals surface area contributed by atoms with E-state index in [4.69, 9.17) is 4.74 Å². The number of benzene rings is 2. The maximum Gasteiger partial charge on any atom is 0.433 e. The van der Waals surface area contributed by atoms with E-state index in [-0.39, 0.29) is 22.4 Å². The zero-order chi connectivity index (χ0) is 22.1. The number of nitrogens with zero attached hydrogens (tertiary/aromatic N) is 2. The van der Waals surface area contributed by atoms with E-state index in [1.165, 1.54) is 25.3 Å². The van der Waals surface area contributed by atoms with Crippen LogP contribution in [0.2, 0.25) is 0 Å². The van der Waals surface area contributed by atoms with Crippen LogP contribution < -0.4 is 10.2 Å². The highest BCUT2D eigenvalue weighted by Crippen LogP contribution is 2.39. The number of hydrogen-bond acceptors (Lipinski definition) is 4. The molecular weight excluding hydrogens is 419 g/mol. The van der Waals surface area contributed by atoms with Crippen LogP contribution in [0.1, 0.15) is 16.8 Å². The second-order valence-electron chi connectivity index (χ2n) is 6.01. The van der Waals surface area contributed by atoms with Crippen molar-refractivity contribution in [2.75, 3.05) is 12.5 Å². The highest BCUT2D eigenvalue weighted by molar-refractivity contribution is 5.94. The lowest BCUT2D eigenvalue weighted by molar-refractivity contribution is -0.142. The molecule has 0 saturated heterocycles. The van der Waals surface area contributed by atoms with E-state index in [1.54, 1.807) is 0 Å². The third-order valence-corrected chi connectivity index (χ3v) is 4.03. The largest absolute Gasteiger partial charge is 0.497 e. The van der Waals surface area contributed by atoms with Crippen LogP contribution in [0, 0.1) is 5.82 Å². The van der Waals surface area contributed by atoms with Crippen LogP contribution in [0.15, 0.2) is 47.6 Å². The quantitative estimate of drug-likeness (QED) is 0.320. The van der Waals surface area contributed by atoms with E-state index in [0.29, 0.717) is 12.1 Å². The maximum absolute atomic E-state index is 13.9. The van der Waals surface area contributed by atoms with Crippen LogP contribution in [0.25, 0.3) is 10.9 Å². The first kappa shape index (κ1) is 21.3. The van der Waals surface area contributed by atoms with Crippen molar-refractivity contribution in [3.05, 3.63) is 65.1 Å². The first-order chi connectivity index (χ1) is 14.0. The van der Waals surface area contributed by atoms with Crippen molar-refractivity contribution >= 4 is 22.8 Å². The predicted molar refractivity (Wildman–Crippen MR) is 95.9 cm³/mol. The van der Waals surface area contributed by atoms with Gasteiger partial charge in [-0.05, 0) is 24.3 Å². The zero-order valence-electron chi connectivity index (χ0n) is 15.1. The van der Waals surface area contributed by atoms with Gasteiger partial charge in [0.2, 0.25) is 0 Å². The van der Waals surface area contributed by atoms with Gasteiger partial charge in [-0.15, -0.1) is 0 Å². The number of ether oxygens (including phenoxy) is 1. The average Bonchev–Trinajstić information content (AvgIpc) is 2.67. The molecule has 0 atom stereocenters. The summed E-state index contributed by atoms with van der Waals surface area (Å²) in [4.78, 5) is 3.16. The summed E-state index contributed by atoms with van der Waals surface area (Å²) in [6, 6.07) is 7.19. The van der Waals surface area contributed by atoms with Gasteiger partial charge in [-0.1, -0.05) is 12.1 Å². The van der Waals surface area contributed by atoms with Gasteiger partial charge >= 0.3 is 12.4 Å². The van der Waals surface area contributed by atoms with Crippen molar-refractivity contribution in [2.24, 2.45) is 5.10 Å². The lowest BCUT2D eigenvalue weighted by atomic mass is 10.1. The molecule has 0 aliphatic rings. The van der Waals surface area contributed by atoms with Gasteiger partial charge in [0.15, 0.2) is 0 Å². The minimum atomic E-state index is -4.99. The standard InChI is InChI=1S/C19H12F7N3O/c1-30-11-6-5-10(14(20)7-11)9-27-29-15-8-16(19(24,25)26)28-17-12(15)3-2-4-13(17)18(21,22)23/h2-9H,1H3,(H,28,29)/b27-9+. The van der Waals surface area contributed by atoms with Crippen molar-refractivity contribution in [1.82, 2.24) is 4.98 Å². The van der Waals surface area contributed by atoms with E-state index in [2.05, 4.69) is 15.5 Å². The lowest BCUT2D eigenvalue weighted by Crippen LogP contribution is -2.12. The Bertz CT molecular complexity index is 1110. The number of hydrogen-bond donors (Lipinski definition) is 1. The molecule has 0 aliphatic heterocycles. The monoisotopic (exact) mass is 431 g/mol. The summed E-state index contributed by atoms with van der Waals surface area (Å²) in [5, 5.41) is 3.43. The molecule has 3 aromatic rings. The Morgan fingerprint density at radius 2 is 1.73 bits per heavy atom. The van der Waals surface area contributed by atoms with E-state index < -0.39 is 34.9 Å². The highest BCUT2D eigenvalue weighted by atomic mass is 19.4. The summed E-state index contributed by atoms with van der Waals surface area (Å²) in [5.74, 6) is -0.470. The Labute approximate surface area is 165 Å². The number of aromatic nitrogens is 1. The minimum absolute atomic E-state index is 0.0197. The number of halogens is 7. The summed E-state index contributed by atoms with van der Waals surface area (Å²) in [6.07, 6.45) is -8.93. The molecule has 30 heavy (non-hydrogen) atoms. The molecule has 0 bridgehead atoms. The number of methoxy groups -OCH3 is 1. The minimum Gasteiger partial charge on any atom is -0.497 e. The lowest BCUT2D eigenvalue weighted by Gasteiger charge is -2.15. The number of nitrogens with one attached hydrogen (secondary N) is 1. The second-order valence-corrected chi connectivity index (χ2v) is 6.01. The fourth-order valence-electron chi connectivity index (χ4n) is 2.63. The van der Waals surface area contributed by atoms with Crippen LogP contribution in [-0.4, -0.2) is 18.3 Å².